The van der Waals surface area contributed by atoms with E-state index in [2.05, 4.69) is 19.7 Å². The summed E-state index contributed by atoms with van der Waals surface area (Å²) < 4.78 is 73.1. The van der Waals surface area contributed by atoms with E-state index < -0.39 is 48.7 Å². The number of rotatable bonds is 6. The average Bonchev–Trinajstić information content (AvgIpc) is 2.68. The number of nitrogens with zero attached hydrogens (tertiary/aromatic N) is 3. The summed E-state index contributed by atoms with van der Waals surface area (Å²) in [6.45, 7) is -0.753. The Balaban J connectivity index is 1.89. The molecular weight excluding hydrogens is 391 g/mol. The van der Waals surface area contributed by atoms with Crippen molar-refractivity contribution in [3.05, 3.63) is 47.0 Å². The van der Waals surface area contributed by atoms with Gasteiger partial charge in [-0.05, 0) is 17.7 Å². The number of ketones is 1. The number of halogens is 3. The molecular formula is C18H18F3N5O3. The SMILES string of the molecule is [2H]C([2H])([2H])Oc1cnc(C(=O)Cc2ccc(F)c([C@]3(C(F)F)COCC(N)=N3)c2)c(N)n1. The molecule has 1 aliphatic heterocycles. The molecule has 1 aliphatic rings. The van der Waals surface area contributed by atoms with Crippen molar-refractivity contribution in [2.75, 3.05) is 26.0 Å². The highest BCUT2D eigenvalue weighted by atomic mass is 19.3. The molecule has 2 aromatic rings. The summed E-state index contributed by atoms with van der Waals surface area (Å²) in [5, 5.41) is 0. The van der Waals surface area contributed by atoms with Gasteiger partial charge in [-0.1, -0.05) is 6.07 Å². The van der Waals surface area contributed by atoms with Gasteiger partial charge in [0.2, 0.25) is 5.88 Å². The zero-order chi connectivity index (χ0) is 23.7. The van der Waals surface area contributed by atoms with Crippen LogP contribution < -0.4 is 16.2 Å². The fourth-order valence-electron chi connectivity index (χ4n) is 2.93. The number of hydrogen-bond donors (Lipinski definition) is 2. The molecule has 0 saturated heterocycles. The summed E-state index contributed by atoms with van der Waals surface area (Å²) >= 11 is 0. The van der Waals surface area contributed by atoms with E-state index in [4.69, 9.17) is 20.3 Å². The predicted molar refractivity (Wildman–Crippen MR) is 97.6 cm³/mol. The molecule has 1 aromatic heterocycles. The maximum absolute atomic E-state index is 14.5. The maximum atomic E-state index is 14.5. The molecule has 1 aromatic carbocycles. The standard InChI is InChI=1S/C18H18F3N5O3/c1-28-14-6-24-15(16(23)25-14)12(27)5-9-2-3-11(19)10(4-9)18(17(20)21)8-29-7-13(22)26-18/h2-4,6,17H,5,7-8H2,1H3,(H2,22,26)(H2,23,25)/t18-/m0/s1/i1D3. The van der Waals surface area contributed by atoms with Crippen LogP contribution in [0.15, 0.2) is 29.4 Å². The van der Waals surface area contributed by atoms with Crippen LogP contribution >= 0.6 is 0 Å². The van der Waals surface area contributed by atoms with Crippen molar-refractivity contribution in [3.8, 4) is 5.88 Å². The van der Waals surface area contributed by atoms with E-state index in [-0.39, 0.29) is 35.9 Å². The van der Waals surface area contributed by atoms with Crippen molar-refractivity contribution in [2.45, 2.75) is 18.4 Å². The van der Waals surface area contributed by atoms with Crippen LogP contribution in [0.1, 0.15) is 25.7 Å². The van der Waals surface area contributed by atoms with Crippen LogP contribution in [0.4, 0.5) is 19.0 Å². The van der Waals surface area contributed by atoms with Gasteiger partial charge in [0.1, 0.15) is 24.0 Å². The van der Waals surface area contributed by atoms with E-state index in [9.17, 15) is 18.0 Å². The lowest BCUT2D eigenvalue weighted by Crippen LogP contribution is -2.45. The molecule has 0 radical (unpaired) electrons. The second-order valence-corrected chi connectivity index (χ2v) is 6.28. The van der Waals surface area contributed by atoms with Gasteiger partial charge >= 0.3 is 0 Å². The lowest BCUT2D eigenvalue weighted by molar-refractivity contribution is -0.0146. The third kappa shape index (κ3) is 3.99. The van der Waals surface area contributed by atoms with Crippen molar-refractivity contribution >= 4 is 17.4 Å². The summed E-state index contributed by atoms with van der Waals surface area (Å²) in [6.07, 6.45) is -2.60. The molecule has 3 rings (SSSR count). The molecule has 2 heterocycles. The Morgan fingerprint density at radius 1 is 1.45 bits per heavy atom. The van der Waals surface area contributed by atoms with E-state index >= 15 is 0 Å². The van der Waals surface area contributed by atoms with Crippen LogP contribution in [-0.4, -0.2) is 48.3 Å². The minimum atomic E-state index is -3.13. The van der Waals surface area contributed by atoms with Gasteiger partial charge in [0, 0.05) is 12.0 Å². The van der Waals surface area contributed by atoms with E-state index in [0.29, 0.717) is 0 Å². The second-order valence-electron chi connectivity index (χ2n) is 6.28. The molecule has 11 heteroatoms. The minimum absolute atomic E-state index is 0.159. The number of anilines is 1. The monoisotopic (exact) mass is 412 g/mol. The van der Waals surface area contributed by atoms with Gasteiger partial charge in [-0.15, -0.1) is 0 Å². The molecule has 1 atom stereocenters. The fraction of sp³-hybridized carbons (Fsp3) is 0.333. The number of nitrogen functional groups attached to an aromatic ring is 1. The molecule has 0 amide bonds. The Labute approximate surface area is 168 Å². The molecule has 4 N–H and O–H groups in total. The fourth-order valence-corrected chi connectivity index (χ4v) is 2.93. The van der Waals surface area contributed by atoms with Crippen LogP contribution in [0.25, 0.3) is 0 Å². The number of alkyl halides is 2. The van der Waals surface area contributed by atoms with Crippen molar-refractivity contribution < 1.29 is 31.6 Å². The highest BCUT2D eigenvalue weighted by Gasteiger charge is 2.46. The Morgan fingerprint density at radius 3 is 2.90 bits per heavy atom. The molecule has 8 nitrogen and oxygen atoms in total. The molecule has 0 unspecified atom stereocenters. The minimum Gasteiger partial charge on any atom is -0.480 e. The lowest BCUT2D eigenvalue weighted by Gasteiger charge is -2.33. The van der Waals surface area contributed by atoms with E-state index in [0.717, 1.165) is 18.3 Å². The van der Waals surface area contributed by atoms with E-state index in [1.807, 2.05) is 0 Å². The maximum Gasteiger partial charge on any atom is 0.269 e. The summed E-state index contributed by atoms with van der Waals surface area (Å²) in [4.78, 5) is 23.8. The highest BCUT2D eigenvalue weighted by Crippen LogP contribution is 2.37. The van der Waals surface area contributed by atoms with Crippen molar-refractivity contribution in [2.24, 2.45) is 10.7 Å². The molecule has 0 saturated carbocycles. The normalized spacial score (nSPS) is 21.1. The van der Waals surface area contributed by atoms with Gasteiger partial charge in [-0.2, -0.15) is 4.98 Å². The summed E-state index contributed by atoms with van der Waals surface area (Å²) in [7, 11) is -2.79. The zero-order valence-electron chi connectivity index (χ0n) is 17.9. The number of benzene rings is 1. The van der Waals surface area contributed by atoms with Crippen molar-refractivity contribution in [1.29, 1.82) is 0 Å². The first kappa shape index (κ1) is 16.7. The molecule has 29 heavy (non-hydrogen) atoms. The predicted octanol–water partition coefficient (Wildman–Crippen LogP) is 1.48. The van der Waals surface area contributed by atoms with Gasteiger partial charge in [-0.3, -0.25) is 9.79 Å². The number of carbonyl (C=O) groups excluding carboxylic acids is 1. The molecule has 0 spiro atoms. The molecule has 0 fully saturated rings. The Kier molecular flexibility index (Phi) is 4.63. The topological polar surface area (TPSA) is 126 Å². The zero-order valence-corrected chi connectivity index (χ0v) is 14.9. The molecule has 0 aliphatic carbocycles. The van der Waals surface area contributed by atoms with Gasteiger partial charge < -0.3 is 20.9 Å². The van der Waals surface area contributed by atoms with E-state index in [1.54, 1.807) is 0 Å². The van der Waals surface area contributed by atoms with Crippen molar-refractivity contribution in [3.63, 3.8) is 0 Å². The van der Waals surface area contributed by atoms with Gasteiger partial charge in [0.05, 0.1) is 24.0 Å². The Hall–Kier alpha value is -3.21. The number of ether oxygens (including phenoxy) is 2. The Bertz CT molecular complexity index is 1070. The number of amidine groups is 1. The van der Waals surface area contributed by atoms with Gasteiger partial charge in [0.25, 0.3) is 6.43 Å². The molecule has 154 valence electrons. The number of aromatic nitrogens is 2. The number of nitrogens with two attached hydrogens (primary N) is 2. The smallest absolute Gasteiger partial charge is 0.269 e. The first-order chi connectivity index (χ1) is 14.9. The van der Waals surface area contributed by atoms with Gasteiger partial charge in [0.15, 0.2) is 17.1 Å². The second kappa shape index (κ2) is 8.03. The average molecular weight is 412 g/mol. The highest BCUT2D eigenvalue weighted by molar-refractivity contribution is 5.99. The summed E-state index contributed by atoms with van der Waals surface area (Å²) in [6, 6.07) is 3.26. The number of aliphatic imine (C=N–C) groups is 1. The third-order valence-electron chi connectivity index (χ3n) is 4.28. The summed E-state index contributed by atoms with van der Waals surface area (Å²) in [5.41, 5.74) is 8.28. The first-order valence-electron chi connectivity index (χ1n) is 9.75. The number of hydrogen-bond acceptors (Lipinski definition) is 8. The van der Waals surface area contributed by atoms with Crippen LogP contribution in [0.3, 0.4) is 0 Å². The van der Waals surface area contributed by atoms with Crippen molar-refractivity contribution in [1.82, 2.24) is 9.97 Å². The number of carbonyl (C=O) groups is 1. The Morgan fingerprint density at radius 2 is 2.24 bits per heavy atom. The number of Topliss-reactive ketones (excluding diaryl/α,β-unsaturated/α-hetero) is 1. The van der Waals surface area contributed by atoms with Crippen LogP contribution in [0.5, 0.6) is 5.88 Å². The largest absolute Gasteiger partial charge is 0.480 e. The molecule has 0 bridgehead atoms. The quantitative estimate of drug-likeness (QED) is 0.688. The van der Waals surface area contributed by atoms with E-state index in [1.165, 1.54) is 6.07 Å². The van der Waals surface area contributed by atoms with Crippen LogP contribution in [0, 0.1) is 5.82 Å². The third-order valence-corrected chi connectivity index (χ3v) is 4.28. The lowest BCUT2D eigenvalue weighted by atomic mass is 9.88. The first-order valence-corrected chi connectivity index (χ1v) is 8.25. The summed E-state index contributed by atoms with van der Waals surface area (Å²) in [5.74, 6) is -2.63. The number of methoxy groups -OCH3 is 1. The van der Waals surface area contributed by atoms with Gasteiger partial charge in [-0.25, -0.2) is 18.2 Å². The van der Waals surface area contributed by atoms with Crippen LogP contribution in [0.2, 0.25) is 0 Å². The van der Waals surface area contributed by atoms with Crippen LogP contribution in [-0.2, 0) is 16.7 Å².